The Morgan fingerprint density at radius 1 is 1.03 bits per heavy atom. The Labute approximate surface area is 222 Å². The van der Waals surface area contributed by atoms with Gasteiger partial charge in [-0.25, -0.2) is 4.79 Å². The van der Waals surface area contributed by atoms with Gasteiger partial charge in [-0.2, -0.15) is 0 Å². The summed E-state index contributed by atoms with van der Waals surface area (Å²) in [5.41, 5.74) is 0.152. The molecule has 4 atom stereocenters. The second-order valence-electron chi connectivity index (χ2n) is 10.1. The van der Waals surface area contributed by atoms with Gasteiger partial charge in [-0.1, -0.05) is 30.3 Å². The molecule has 4 amide bonds. The van der Waals surface area contributed by atoms with Gasteiger partial charge in [-0.15, -0.1) is 11.6 Å². The van der Waals surface area contributed by atoms with Crippen molar-refractivity contribution >= 4 is 41.2 Å². The van der Waals surface area contributed by atoms with Gasteiger partial charge in [0.05, 0.1) is 11.9 Å². The number of rotatable bonds is 10. The van der Waals surface area contributed by atoms with Crippen LogP contribution in [0.15, 0.2) is 30.3 Å². The lowest BCUT2D eigenvalue weighted by Gasteiger charge is -2.29. The number of alkyl halides is 1. The second-order valence-corrected chi connectivity index (χ2v) is 10.4. The zero-order valence-electron chi connectivity index (χ0n) is 22.0. The Kier molecular flexibility index (Phi) is 10.9. The first-order valence-corrected chi connectivity index (χ1v) is 12.9. The van der Waals surface area contributed by atoms with Crippen molar-refractivity contribution in [3.05, 3.63) is 35.9 Å². The summed E-state index contributed by atoms with van der Waals surface area (Å²) in [4.78, 5) is 64.5. The van der Waals surface area contributed by atoms with E-state index in [1.807, 2.05) is 30.3 Å². The van der Waals surface area contributed by atoms with Crippen molar-refractivity contribution in [1.82, 2.24) is 20.9 Å². The average Bonchev–Trinajstić information content (AvgIpc) is 3.32. The van der Waals surface area contributed by atoms with Gasteiger partial charge in [-0.3, -0.25) is 19.2 Å². The van der Waals surface area contributed by atoms with Crippen molar-refractivity contribution in [1.29, 1.82) is 0 Å². The number of Topliss-reactive ketones (excluding diaryl/α,β-unsaturated/α-hetero) is 1. The number of halogens is 1. The van der Waals surface area contributed by atoms with Gasteiger partial charge >= 0.3 is 6.09 Å². The summed E-state index contributed by atoms with van der Waals surface area (Å²) in [7, 11) is 0. The van der Waals surface area contributed by atoms with Crippen molar-refractivity contribution in [3.8, 4) is 0 Å². The third-order valence-electron chi connectivity index (χ3n) is 5.81. The quantitative estimate of drug-likeness (QED) is 0.391. The standard InChI is InChI=1S/C26H37ClN4O6/c1-16(29-25(36)37-26(3,4)5)22(33)28-17(2)24(35)31-13-9-12-20(31)23(34)30-19(21(32)15-27)14-18-10-7-6-8-11-18/h6-8,10-11,16-17,19-20H,9,12-15H2,1-5H3,(H,28,33)(H,29,36)(H,30,34)/t16-,17+,19?,20+/m1/s1. The maximum absolute atomic E-state index is 13.1. The number of alkyl carbamates (subject to hydrolysis) is 1. The Morgan fingerprint density at radius 3 is 2.27 bits per heavy atom. The highest BCUT2D eigenvalue weighted by molar-refractivity contribution is 6.28. The zero-order valence-corrected chi connectivity index (χ0v) is 22.8. The molecule has 0 aliphatic carbocycles. The van der Waals surface area contributed by atoms with Crippen molar-refractivity contribution in [2.75, 3.05) is 12.4 Å². The molecule has 0 saturated carbocycles. The highest BCUT2D eigenvalue weighted by Gasteiger charge is 2.38. The van der Waals surface area contributed by atoms with E-state index in [1.54, 1.807) is 20.8 Å². The van der Waals surface area contributed by atoms with Gasteiger partial charge in [0.25, 0.3) is 0 Å². The molecule has 1 saturated heterocycles. The highest BCUT2D eigenvalue weighted by atomic mass is 35.5. The number of nitrogens with one attached hydrogen (secondary N) is 3. The molecule has 1 fully saturated rings. The third kappa shape index (κ3) is 9.35. The number of carbonyl (C=O) groups is 5. The molecule has 0 radical (unpaired) electrons. The molecule has 1 aromatic carbocycles. The first kappa shape index (κ1) is 30.1. The average molecular weight is 537 g/mol. The Balaban J connectivity index is 1.99. The molecule has 2 rings (SSSR count). The summed E-state index contributed by atoms with van der Waals surface area (Å²) in [5.74, 6) is -2.00. The summed E-state index contributed by atoms with van der Waals surface area (Å²) < 4.78 is 5.14. The summed E-state index contributed by atoms with van der Waals surface area (Å²) in [6.45, 7) is 8.45. The van der Waals surface area contributed by atoms with Crippen LogP contribution in [0, 0.1) is 0 Å². The fourth-order valence-corrected chi connectivity index (χ4v) is 4.14. The number of ketones is 1. The second kappa shape index (κ2) is 13.4. The number of amides is 4. The molecule has 1 aliphatic rings. The van der Waals surface area contributed by atoms with Crippen LogP contribution in [0.25, 0.3) is 0 Å². The molecule has 3 N–H and O–H groups in total. The van der Waals surface area contributed by atoms with Gasteiger partial charge in [-0.05, 0) is 59.4 Å². The fraction of sp³-hybridized carbons (Fsp3) is 0.577. The smallest absolute Gasteiger partial charge is 0.408 e. The Morgan fingerprint density at radius 2 is 1.68 bits per heavy atom. The zero-order chi connectivity index (χ0) is 27.8. The molecular formula is C26H37ClN4O6. The third-order valence-corrected chi connectivity index (χ3v) is 6.08. The van der Waals surface area contributed by atoms with Crippen molar-refractivity contribution in [3.63, 3.8) is 0 Å². The summed E-state index contributed by atoms with van der Waals surface area (Å²) in [6.07, 6.45) is 0.575. The number of hydrogen-bond donors (Lipinski definition) is 3. The molecule has 1 aliphatic heterocycles. The highest BCUT2D eigenvalue weighted by Crippen LogP contribution is 2.19. The van der Waals surface area contributed by atoms with E-state index in [-0.39, 0.29) is 18.1 Å². The van der Waals surface area contributed by atoms with E-state index >= 15 is 0 Å². The molecule has 0 aromatic heterocycles. The van der Waals surface area contributed by atoms with Crippen molar-refractivity contribution < 1.29 is 28.7 Å². The van der Waals surface area contributed by atoms with E-state index in [0.29, 0.717) is 19.4 Å². The van der Waals surface area contributed by atoms with Gasteiger partial charge in [0.1, 0.15) is 23.7 Å². The summed E-state index contributed by atoms with van der Waals surface area (Å²) >= 11 is 5.77. The van der Waals surface area contributed by atoms with Gasteiger partial charge in [0.15, 0.2) is 5.78 Å². The van der Waals surface area contributed by atoms with E-state index in [0.717, 1.165) is 5.56 Å². The number of ether oxygens (including phenoxy) is 1. The molecule has 10 nitrogen and oxygen atoms in total. The lowest BCUT2D eigenvalue weighted by molar-refractivity contribution is -0.141. The van der Waals surface area contributed by atoms with Gasteiger partial charge < -0.3 is 25.6 Å². The van der Waals surface area contributed by atoms with Crippen LogP contribution in [0.5, 0.6) is 0 Å². The Bertz CT molecular complexity index is 981. The minimum Gasteiger partial charge on any atom is -0.444 e. The monoisotopic (exact) mass is 536 g/mol. The van der Waals surface area contributed by atoms with Crippen LogP contribution >= 0.6 is 11.6 Å². The van der Waals surface area contributed by atoms with Crippen LogP contribution in [0.3, 0.4) is 0 Å². The van der Waals surface area contributed by atoms with E-state index in [9.17, 15) is 24.0 Å². The molecular weight excluding hydrogens is 500 g/mol. The number of hydrogen-bond acceptors (Lipinski definition) is 6. The molecule has 37 heavy (non-hydrogen) atoms. The van der Waals surface area contributed by atoms with Crippen LogP contribution in [0.4, 0.5) is 4.79 Å². The number of likely N-dealkylation sites (tertiary alicyclic amines) is 1. The molecule has 0 spiro atoms. The van der Waals surface area contributed by atoms with Crippen LogP contribution in [0.2, 0.25) is 0 Å². The maximum Gasteiger partial charge on any atom is 0.408 e. The molecule has 1 heterocycles. The van der Waals surface area contributed by atoms with E-state index in [1.165, 1.54) is 18.7 Å². The molecule has 1 unspecified atom stereocenters. The number of benzene rings is 1. The predicted octanol–water partition coefficient (Wildman–Crippen LogP) is 1.93. The van der Waals surface area contributed by atoms with Crippen LogP contribution in [0.1, 0.15) is 53.0 Å². The van der Waals surface area contributed by atoms with Gasteiger partial charge in [0, 0.05) is 6.54 Å². The minimum atomic E-state index is -0.942. The van der Waals surface area contributed by atoms with Crippen LogP contribution < -0.4 is 16.0 Å². The first-order chi connectivity index (χ1) is 17.3. The SMILES string of the molecule is C[C@H](NC(=O)[C@@H](C)NC(=O)OC(C)(C)C)C(=O)N1CCC[C@H]1C(=O)NC(Cc1ccccc1)C(=O)CCl. The normalized spacial score (nSPS) is 17.8. The predicted molar refractivity (Wildman–Crippen MR) is 139 cm³/mol. The summed E-state index contributed by atoms with van der Waals surface area (Å²) in [6, 6.07) is 5.79. The lowest BCUT2D eigenvalue weighted by atomic mass is 10.0. The van der Waals surface area contributed by atoms with Crippen molar-refractivity contribution in [2.45, 2.75) is 83.6 Å². The lowest BCUT2D eigenvalue weighted by Crippen LogP contribution is -2.56. The van der Waals surface area contributed by atoms with Gasteiger partial charge in [0.2, 0.25) is 17.7 Å². The van der Waals surface area contributed by atoms with Crippen molar-refractivity contribution in [2.24, 2.45) is 0 Å². The van der Waals surface area contributed by atoms with E-state index < -0.39 is 53.6 Å². The largest absolute Gasteiger partial charge is 0.444 e. The maximum atomic E-state index is 13.1. The molecule has 204 valence electrons. The molecule has 11 heteroatoms. The molecule has 0 bridgehead atoms. The van der Waals surface area contributed by atoms with E-state index in [2.05, 4.69) is 16.0 Å². The fourth-order valence-electron chi connectivity index (χ4n) is 3.96. The van der Waals surface area contributed by atoms with E-state index in [4.69, 9.17) is 16.3 Å². The Hall–Kier alpha value is -3.14. The number of carbonyl (C=O) groups excluding carboxylic acids is 5. The minimum absolute atomic E-state index is 0.246. The first-order valence-electron chi connectivity index (χ1n) is 12.4. The van der Waals surface area contributed by atoms with Crippen LogP contribution in [-0.4, -0.2) is 76.7 Å². The topological polar surface area (TPSA) is 134 Å². The summed E-state index contributed by atoms with van der Waals surface area (Å²) in [5, 5.41) is 7.78. The number of nitrogens with zero attached hydrogens (tertiary/aromatic N) is 1. The van der Waals surface area contributed by atoms with Crippen LogP contribution in [-0.2, 0) is 30.3 Å². The molecule has 1 aromatic rings.